The lowest BCUT2D eigenvalue weighted by molar-refractivity contribution is -0.277. The summed E-state index contributed by atoms with van der Waals surface area (Å²) in [5, 5.41) is 39.1. The van der Waals surface area contributed by atoms with Gasteiger partial charge in [-0.1, -0.05) is 11.6 Å². The number of rotatable bonds is 6. The first-order chi connectivity index (χ1) is 12.2. The predicted molar refractivity (Wildman–Crippen MR) is 94.0 cm³/mol. The lowest BCUT2D eigenvalue weighted by Gasteiger charge is -2.39. The number of hydrogen-bond acceptors (Lipinski definition) is 7. The summed E-state index contributed by atoms with van der Waals surface area (Å²) >= 11 is 0. The second kappa shape index (κ2) is 8.75. The molecular weight excluding hydrogens is 340 g/mol. The smallest absolute Gasteiger partial charge is 0.229 e. The second-order valence-electron chi connectivity index (χ2n) is 6.68. The summed E-state index contributed by atoms with van der Waals surface area (Å²) in [4.78, 5) is 11.6. The highest BCUT2D eigenvalue weighted by Crippen LogP contribution is 2.28. The number of aliphatic hydroxyl groups excluding tert-OH is 4. The van der Waals surface area contributed by atoms with Crippen molar-refractivity contribution in [3.63, 3.8) is 0 Å². The molecule has 2 rings (SSSR count). The molecule has 1 aliphatic rings. The number of benzene rings is 1. The van der Waals surface area contributed by atoms with Gasteiger partial charge in [-0.25, -0.2) is 0 Å². The number of carbonyl (C=O) groups is 1. The van der Waals surface area contributed by atoms with Gasteiger partial charge in [-0.2, -0.15) is 0 Å². The van der Waals surface area contributed by atoms with Crippen molar-refractivity contribution in [3.8, 4) is 5.75 Å². The van der Waals surface area contributed by atoms with Crippen LogP contribution in [0.5, 0.6) is 5.75 Å². The minimum Gasteiger partial charge on any atom is -0.462 e. The number of carbonyl (C=O) groups excluding carboxylic acids is 1. The molecule has 1 saturated heterocycles. The van der Waals surface area contributed by atoms with E-state index in [0.717, 1.165) is 11.1 Å². The fraction of sp³-hybridized carbons (Fsp3) is 0.526. The van der Waals surface area contributed by atoms with Crippen molar-refractivity contribution in [1.82, 2.24) is 0 Å². The summed E-state index contributed by atoms with van der Waals surface area (Å²) in [5.74, 6) is 0.305. The molecule has 1 fully saturated rings. The average Bonchev–Trinajstić information content (AvgIpc) is 2.60. The first-order valence-corrected chi connectivity index (χ1v) is 8.49. The Hall–Kier alpha value is -1.77. The Labute approximate surface area is 152 Å². The van der Waals surface area contributed by atoms with E-state index in [4.69, 9.17) is 9.47 Å². The number of Topliss-reactive ketones (excluding diaryl/α,β-unsaturated/α-hetero) is 1. The van der Waals surface area contributed by atoms with E-state index in [1.165, 1.54) is 6.92 Å². The molecule has 0 bridgehead atoms. The number of ether oxygens (including phenoxy) is 2. The van der Waals surface area contributed by atoms with Crippen molar-refractivity contribution in [2.24, 2.45) is 0 Å². The molecule has 144 valence electrons. The van der Waals surface area contributed by atoms with Crippen LogP contribution in [0.4, 0.5) is 0 Å². The number of allylic oxidation sites excluding steroid dienone is 2. The Morgan fingerprint density at radius 2 is 1.85 bits per heavy atom. The zero-order chi connectivity index (χ0) is 19.4. The van der Waals surface area contributed by atoms with Crippen molar-refractivity contribution < 1.29 is 34.7 Å². The van der Waals surface area contributed by atoms with E-state index in [1.54, 1.807) is 18.2 Å². The van der Waals surface area contributed by atoms with Gasteiger partial charge in [-0.3, -0.25) is 4.79 Å². The molecule has 5 unspecified atom stereocenters. The molecule has 0 spiro atoms. The molecule has 26 heavy (non-hydrogen) atoms. The number of aliphatic hydroxyl groups is 4. The van der Waals surface area contributed by atoms with Crippen LogP contribution in [-0.2, 0) is 11.2 Å². The van der Waals surface area contributed by atoms with Gasteiger partial charge in [-0.15, -0.1) is 0 Å². The molecule has 0 radical (unpaired) electrons. The molecule has 0 amide bonds. The summed E-state index contributed by atoms with van der Waals surface area (Å²) < 4.78 is 11.1. The van der Waals surface area contributed by atoms with E-state index in [9.17, 15) is 25.2 Å². The third-order valence-electron chi connectivity index (χ3n) is 4.29. The largest absolute Gasteiger partial charge is 0.462 e. The van der Waals surface area contributed by atoms with Gasteiger partial charge in [0.15, 0.2) is 5.78 Å². The molecule has 0 saturated carbocycles. The summed E-state index contributed by atoms with van der Waals surface area (Å²) in [6.45, 7) is 4.84. The highest BCUT2D eigenvalue weighted by atomic mass is 16.7. The lowest BCUT2D eigenvalue weighted by Crippen LogP contribution is -2.60. The van der Waals surface area contributed by atoms with Crippen LogP contribution in [-0.4, -0.2) is 63.5 Å². The van der Waals surface area contributed by atoms with Crippen LogP contribution in [0.1, 0.15) is 36.7 Å². The van der Waals surface area contributed by atoms with E-state index >= 15 is 0 Å². The minimum absolute atomic E-state index is 0.0807. The molecule has 5 atom stereocenters. The fourth-order valence-corrected chi connectivity index (χ4v) is 2.68. The third-order valence-corrected chi connectivity index (χ3v) is 4.29. The molecule has 0 aliphatic carbocycles. The Morgan fingerprint density at radius 3 is 2.42 bits per heavy atom. The highest BCUT2D eigenvalue weighted by molar-refractivity contribution is 5.94. The predicted octanol–water partition coefficient (Wildman–Crippen LogP) is 0.577. The van der Waals surface area contributed by atoms with Crippen LogP contribution in [0.15, 0.2) is 29.8 Å². The van der Waals surface area contributed by atoms with Crippen molar-refractivity contribution in [3.05, 3.63) is 41.0 Å². The summed E-state index contributed by atoms with van der Waals surface area (Å²) in [5.41, 5.74) is 2.34. The Morgan fingerprint density at radius 1 is 1.15 bits per heavy atom. The summed E-state index contributed by atoms with van der Waals surface area (Å²) in [6.07, 6.45) is -4.27. The molecular formula is C19H26O7. The van der Waals surface area contributed by atoms with E-state index < -0.39 is 37.3 Å². The molecule has 0 aromatic heterocycles. The van der Waals surface area contributed by atoms with E-state index in [2.05, 4.69) is 0 Å². The van der Waals surface area contributed by atoms with Gasteiger partial charge >= 0.3 is 0 Å². The van der Waals surface area contributed by atoms with Crippen molar-refractivity contribution in [2.45, 2.75) is 57.9 Å². The standard InChI is InChI=1S/C19H26O7/c1-10(2)4-5-13-8-12(11(3)21)6-7-14(13)25-19-18(24)17(23)16(22)15(9-20)26-19/h4,6-8,15-20,22-24H,5,9H2,1-3H3. The fourth-order valence-electron chi connectivity index (χ4n) is 2.68. The van der Waals surface area contributed by atoms with E-state index in [-0.39, 0.29) is 5.78 Å². The SMILES string of the molecule is CC(=O)c1ccc(OC2OC(CO)C(O)C(O)C2O)c(CC=C(C)C)c1. The number of ketones is 1. The average molecular weight is 366 g/mol. The molecule has 7 nitrogen and oxygen atoms in total. The van der Waals surface area contributed by atoms with Crippen LogP contribution >= 0.6 is 0 Å². The quantitative estimate of drug-likeness (QED) is 0.430. The Bertz CT molecular complexity index is 664. The Balaban J connectivity index is 2.29. The van der Waals surface area contributed by atoms with Gasteiger partial charge in [0, 0.05) is 5.56 Å². The van der Waals surface area contributed by atoms with Crippen molar-refractivity contribution in [2.75, 3.05) is 6.61 Å². The molecule has 4 N–H and O–H groups in total. The first-order valence-electron chi connectivity index (χ1n) is 8.49. The molecule has 7 heteroatoms. The van der Waals surface area contributed by atoms with E-state index in [1.807, 2.05) is 19.9 Å². The molecule has 1 aliphatic heterocycles. The van der Waals surface area contributed by atoms with Crippen LogP contribution in [0.3, 0.4) is 0 Å². The maximum Gasteiger partial charge on any atom is 0.229 e. The van der Waals surface area contributed by atoms with Gasteiger partial charge in [0.2, 0.25) is 6.29 Å². The second-order valence-corrected chi connectivity index (χ2v) is 6.68. The van der Waals surface area contributed by atoms with Gasteiger partial charge < -0.3 is 29.9 Å². The zero-order valence-corrected chi connectivity index (χ0v) is 15.1. The number of hydrogen-bond donors (Lipinski definition) is 4. The van der Waals surface area contributed by atoms with Crippen LogP contribution in [0, 0.1) is 0 Å². The molecule has 1 heterocycles. The monoisotopic (exact) mass is 366 g/mol. The zero-order valence-electron chi connectivity index (χ0n) is 15.1. The van der Waals surface area contributed by atoms with Crippen LogP contribution < -0.4 is 4.74 Å². The summed E-state index contributed by atoms with van der Waals surface area (Å²) in [6, 6.07) is 4.92. The third kappa shape index (κ3) is 4.69. The first kappa shape index (κ1) is 20.5. The van der Waals surface area contributed by atoms with Gasteiger partial charge in [0.1, 0.15) is 30.2 Å². The maximum absolute atomic E-state index is 11.6. The normalized spacial score (nSPS) is 28.5. The maximum atomic E-state index is 11.6. The van der Waals surface area contributed by atoms with Crippen LogP contribution in [0.2, 0.25) is 0 Å². The topological polar surface area (TPSA) is 116 Å². The minimum atomic E-state index is -1.51. The van der Waals surface area contributed by atoms with Gasteiger partial charge in [0.25, 0.3) is 0 Å². The van der Waals surface area contributed by atoms with Gasteiger partial charge in [-0.05, 0) is 51.0 Å². The summed E-state index contributed by atoms with van der Waals surface area (Å²) in [7, 11) is 0. The Kier molecular flexibility index (Phi) is 6.91. The molecule has 1 aromatic carbocycles. The highest BCUT2D eigenvalue weighted by Gasteiger charge is 2.44. The van der Waals surface area contributed by atoms with Crippen LogP contribution in [0.25, 0.3) is 0 Å². The van der Waals surface area contributed by atoms with E-state index in [0.29, 0.717) is 17.7 Å². The lowest BCUT2D eigenvalue weighted by atomic mass is 9.99. The van der Waals surface area contributed by atoms with Crippen molar-refractivity contribution >= 4 is 5.78 Å². The van der Waals surface area contributed by atoms with Gasteiger partial charge in [0.05, 0.1) is 6.61 Å². The van der Waals surface area contributed by atoms with Crippen molar-refractivity contribution in [1.29, 1.82) is 0 Å². The molecule has 1 aromatic rings.